The van der Waals surface area contributed by atoms with E-state index in [9.17, 15) is 4.79 Å². The highest BCUT2D eigenvalue weighted by Gasteiger charge is 2.10. The molecule has 0 fully saturated rings. The lowest BCUT2D eigenvalue weighted by Crippen LogP contribution is -2.03. The lowest BCUT2D eigenvalue weighted by Gasteiger charge is -2.06. The number of carbonyl (C=O) groups is 1. The van der Waals surface area contributed by atoms with Crippen molar-refractivity contribution in [2.75, 3.05) is 0 Å². The van der Waals surface area contributed by atoms with Crippen molar-refractivity contribution in [1.29, 1.82) is 0 Å². The lowest BCUT2D eigenvalue weighted by molar-refractivity contribution is 0.0690. The predicted octanol–water partition coefficient (Wildman–Crippen LogP) is 2.89. The van der Waals surface area contributed by atoms with E-state index in [1.165, 1.54) is 6.07 Å². The highest BCUT2D eigenvalue weighted by Crippen LogP contribution is 2.22. The number of carboxylic acids is 1. The Hall–Kier alpha value is -3.41. The van der Waals surface area contributed by atoms with Crippen molar-refractivity contribution in [3.63, 3.8) is 0 Å². The van der Waals surface area contributed by atoms with Gasteiger partial charge in [-0.3, -0.25) is 4.98 Å². The third kappa shape index (κ3) is 2.26. The number of hydrogen-bond donors (Lipinski definition) is 1. The number of hydrogen-bond acceptors (Lipinski definition) is 3. The zero-order valence-corrected chi connectivity index (χ0v) is 12.0. The number of nitrogens with zero attached hydrogens (tertiary/aromatic N) is 4. The average Bonchev–Trinajstić information content (AvgIpc) is 3.21. The molecule has 4 rings (SSSR count). The number of pyridine rings is 2. The van der Waals surface area contributed by atoms with Gasteiger partial charge in [0.2, 0.25) is 0 Å². The molecule has 0 saturated carbocycles. The molecule has 0 amide bonds. The van der Waals surface area contributed by atoms with Gasteiger partial charge in [0, 0.05) is 30.3 Å². The first-order valence-corrected chi connectivity index (χ1v) is 7.03. The summed E-state index contributed by atoms with van der Waals surface area (Å²) in [5.74, 6) is -0.259. The first kappa shape index (κ1) is 13.3. The molecule has 0 radical (unpaired) electrons. The molecular weight excluding hydrogens is 292 g/mol. The van der Waals surface area contributed by atoms with Crippen molar-refractivity contribution in [1.82, 2.24) is 19.2 Å². The average molecular weight is 304 g/mol. The Morgan fingerprint density at radius 3 is 2.48 bits per heavy atom. The summed E-state index contributed by atoms with van der Waals surface area (Å²) in [5, 5.41) is 13.1. The Balaban J connectivity index is 1.86. The normalized spacial score (nSPS) is 11.0. The summed E-state index contributed by atoms with van der Waals surface area (Å²) >= 11 is 0. The van der Waals surface area contributed by atoms with Crippen molar-refractivity contribution in [2.45, 2.75) is 0 Å². The van der Waals surface area contributed by atoms with E-state index in [1.807, 2.05) is 47.0 Å². The van der Waals surface area contributed by atoms with Crippen molar-refractivity contribution in [3.05, 3.63) is 72.9 Å². The Labute approximate surface area is 131 Å². The molecule has 6 nitrogen and oxygen atoms in total. The van der Waals surface area contributed by atoms with Gasteiger partial charge in [-0.05, 0) is 47.5 Å². The molecule has 0 aliphatic heterocycles. The van der Waals surface area contributed by atoms with E-state index in [2.05, 4.69) is 10.1 Å². The zero-order chi connectivity index (χ0) is 15.8. The molecule has 112 valence electrons. The largest absolute Gasteiger partial charge is 0.476 e. The summed E-state index contributed by atoms with van der Waals surface area (Å²) in [6.45, 7) is 0. The van der Waals surface area contributed by atoms with Crippen LogP contribution in [-0.2, 0) is 0 Å². The van der Waals surface area contributed by atoms with E-state index in [-0.39, 0.29) is 5.69 Å². The van der Waals surface area contributed by atoms with E-state index in [4.69, 9.17) is 5.11 Å². The number of aromatic carboxylic acids is 1. The van der Waals surface area contributed by atoms with Gasteiger partial charge in [-0.25, -0.2) is 9.48 Å². The molecule has 4 aromatic heterocycles. The van der Waals surface area contributed by atoms with Gasteiger partial charge in [-0.15, -0.1) is 0 Å². The van der Waals surface area contributed by atoms with Crippen LogP contribution in [0.3, 0.4) is 0 Å². The Kier molecular flexibility index (Phi) is 2.94. The summed E-state index contributed by atoms with van der Waals surface area (Å²) in [4.78, 5) is 15.0. The van der Waals surface area contributed by atoms with Gasteiger partial charge in [0.05, 0.1) is 0 Å². The fraction of sp³-hybridized carbons (Fsp3) is 0. The fourth-order valence-electron chi connectivity index (χ4n) is 2.55. The Morgan fingerprint density at radius 2 is 1.74 bits per heavy atom. The van der Waals surface area contributed by atoms with Crippen LogP contribution >= 0.6 is 0 Å². The topological polar surface area (TPSA) is 72.4 Å². The third-order valence-corrected chi connectivity index (χ3v) is 3.69. The number of rotatable bonds is 3. The first-order chi connectivity index (χ1) is 11.2. The van der Waals surface area contributed by atoms with Crippen LogP contribution in [0.5, 0.6) is 0 Å². The molecule has 4 heterocycles. The maximum absolute atomic E-state index is 11.0. The standard InChI is InChI=1S/C17H12N4O2/c22-17(23)15-7-10-21(19-15)16-4-3-14-2-1-13(11-20(14)16)12-5-8-18-9-6-12/h1-11H,(H,22,23). The van der Waals surface area contributed by atoms with E-state index in [0.29, 0.717) is 0 Å². The van der Waals surface area contributed by atoms with Gasteiger partial charge in [0.1, 0.15) is 5.82 Å². The minimum atomic E-state index is -1.04. The number of carboxylic acid groups (broad SMARTS) is 1. The van der Waals surface area contributed by atoms with E-state index in [1.54, 1.807) is 23.3 Å². The van der Waals surface area contributed by atoms with E-state index >= 15 is 0 Å². The second kappa shape index (κ2) is 5.10. The molecule has 0 unspecified atom stereocenters. The molecule has 0 aromatic carbocycles. The molecule has 6 heteroatoms. The monoisotopic (exact) mass is 304 g/mol. The zero-order valence-electron chi connectivity index (χ0n) is 12.0. The molecule has 0 saturated heterocycles. The van der Waals surface area contributed by atoms with Gasteiger partial charge >= 0.3 is 5.97 Å². The van der Waals surface area contributed by atoms with Crippen LogP contribution < -0.4 is 0 Å². The second-order valence-electron chi connectivity index (χ2n) is 5.09. The van der Waals surface area contributed by atoms with E-state index < -0.39 is 5.97 Å². The van der Waals surface area contributed by atoms with Crippen molar-refractivity contribution < 1.29 is 9.90 Å². The highest BCUT2D eigenvalue weighted by atomic mass is 16.4. The highest BCUT2D eigenvalue weighted by molar-refractivity contribution is 5.85. The van der Waals surface area contributed by atoms with Gasteiger partial charge in [-0.1, -0.05) is 6.07 Å². The van der Waals surface area contributed by atoms with Crippen molar-refractivity contribution in [3.8, 4) is 16.9 Å². The van der Waals surface area contributed by atoms with Gasteiger partial charge < -0.3 is 9.51 Å². The van der Waals surface area contributed by atoms with Crippen molar-refractivity contribution >= 4 is 11.5 Å². The third-order valence-electron chi connectivity index (χ3n) is 3.69. The Morgan fingerprint density at radius 1 is 0.957 bits per heavy atom. The summed E-state index contributed by atoms with van der Waals surface area (Å²) in [6, 6.07) is 13.3. The Bertz CT molecular complexity index is 1000. The smallest absolute Gasteiger partial charge is 0.356 e. The van der Waals surface area contributed by atoms with Crippen LogP contribution in [0.15, 0.2) is 67.3 Å². The summed E-state index contributed by atoms with van der Waals surface area (Å²) < 4.78 is 3.54. The molecule has 4 aromatic rings. The minimum Gasteiger partial charge on any atom is -0.476 e. The summed E-state index contributed by atoms with van der Waals surface area (Å²) in [6.07, 6.45) is 7.15. The summed E-state index contributed by atoms with van der Waals surface area (Å²) in [7, 11) is 0. The maximum atomic E-state index is 11.0. The minimum absolute atomic E-state index is 0.0187. The lowest BCUT2D eigenvalue weighted by atomic mass is 10.1. The van der Waals surface area contributed by atoms with Crippen molar-refractivity contribution in [2.24, 2.45) is 0 Å². The van der Waals surface area contributed by atoms with Crippen LogP contribution in [0, 0.1) is 0 Å². The van der Waals surface area contributed by atoms with Gasteiger partial charge in [0.25, 0.3) is 0 Å². The van der Waals surface area contributed by atoms with Crippen LogP contribution in [0.1, 0.15) is 10.5 Å². The van der Waals surface area contributed by atoms with Gasteiger partial charge in [0.15, 0.2) is 5.69 Å². The number of aromatic nitrogens is 4. The molecule has 1 N–H and O–H groups in total. The van der Waals surface area contributed by atoms with Gasteiger partial charge in [-0.2, -0.15) is 5.10 Å². The fourth-order valence-corrected chi connectivity index (χ4v) is 2.55. The van der Waals surface area contributed by atoms with Crippen LogP contribution in [-0.4, -0.2) is 30.2 Å². The molecule has 0 atom stereocenters. The maximum Gasteiger partial charge on any atom is 0.356 e. The van der Waals surface area contributed by atoms with Crippen LogP contribution in [0.25, 0.3) is 22.5 Å². The molecular formula is C17H12N4O2. The SMILES string of the molecule is O=C(O)c1ccn(-c2ccc3ccc(-c4ccncc4)cn23)n1. The first-order valence-electron chi connectivity index (χ1n) is 7.03. The molecule has 0 bridgehead atoms. The molecule has 23 heavy (non-hydrogen) atoms. The molecule has 0 spiro atoms. The quantitative estimate of drug-likeness (QED) is 0.631. The van der Waals surface area contributed by atoms with Crippen LogP contribution in [0.4, 0.5) is 0 Å². The molecule has 0 aliphatic carbocycles. The second-order valence-corrected chi connectivity index (χ2v) is 5.09. The summed E-state index contributed by atoms with van der Waals surface area (Å²) in [5.41, 5.74) is 3.13. The van der Waals surface area contributed by atoms with E-state index in [0.717, 1.165) is 22.5 Å². The van der Waals surface area contributed by atoms with Crippen LogP contribution in [0.2, 0.25) is 0 Å². The molecule has 0 aliphatic rings. The predicted molar refractivity (Wildman–Crippen MR) is 84.7 cm³/mol. The number of fused-ring (bicyclic) bond motifs is 1.